The second-order valence-corrected chi connectivity index (χ2v) is 7.32. The smallest absolute Gasteiger partial charge is 0.251 e. The molecule has 0 saturated heterocycles. The van der Waals surface area contributed by atoms with Crippen LogP contribution in [0.2, 0.25) is 0 Å². The van der Waals surface area contributed by atoms with E-state index in [4.69, 9.17) is 4.74 Å². The maximum Gasteiger partial charge on any atom is 0.251 e. The van der Waals surface area contributed by atoms with Gasteiger partial charge in [0.25, 0.3) is 5.91 Å². The zero-order valence-corrected chi connectivity index (χ0v) is 14.5. The van der Waals surface area contributed by atoms with Crippen LogP contribution in [0.5, 0.6) is 5.88 Å². The molecule has 0 fully saturated rings. The average Bonchev–Trinajstić information content (AvgIpc) is 2.59. The molecule has 0 radical (unpaired) electrons. The van der Waals surface area contributed by atoms with Crippen LogP contribution >= 0.6 is 0 Å². The van der Waals surface area contributed by atoms with E-state index in [9.17, 15) is 13.2 Å². The summed E-state index contributed by atoms with van der Waals surface area (Å²) < 4.78 is 30.2. The molecule has 0 aliphatic heterocycles. The number of nitrogens with one attached hydrogen (secondary N) is 1. The monoisotopic (exact) mass is 349 g/mol. The maximum absolute atomic E-state index is 12.2. The summed E-state index contributed by atoms with van der Waals surface area (Å²) in [6.07, 6.45) is 1.61. The highest BCUT2D eigenvalue weighted by Crippen LogP contribution is 2.15. The van der Waals surface area contributed by atoms with E-state index in [2.05, 4.69) is 10.3 Å². The Morgan fingerprint density at radius 2 is 1.88 bits per heavy atom. The van der Waals surface area contributed by atoms with Gasteiger partial charge in [-0.2, -0.15) is 0 Å². The van der Waals surface area contributed by atoms with Crippen molar-refractivity contribution in [1.29, 1.82) is 0 Å². The first-order valence-corrected chi connectivity index (χ1v) is 8.59. The molecule has 0 unspecified atom stereocenters. The van der Waals surface area contributed by atoms with Crippen molar-refractivity contribution in [3.8, 4) is 5.88 Å². The summed E-state index contributed by atoms with van der Waals surface area (Å²) in [5.41, 5.74) is 1.12. The van der Waals surface area contributed by atoms with Gasteiger partial charge in [0, 0.05) is 38.0 Å². The van der Waals surface area contributed by atoms with Gasteiger partial charge in [0.1, 0.15) is 0 Å². The lowest BCUT2D eigenvalue weighted by molar-refractivity contribution is 0.0950. The Balaban J connectivity index is 2.08. The highest BCUT2D eigenvalue weighted by molar-refractivity contribution is 7.89. The van der Waals surface area contributed by atoms with Crippen molar-refractivity contribution >= 4 is 15.9 Å². The first-order chi connectivity index (χ1) is 11.4. The number of carbonyl (C=O) groups excluding carboxylic acids is 1. The van der Waals surface area contributed by atoms with E-state index in [-0.39, 0.29) is 17.3 Å². The van der Waals surface area contributed by atoms with Crippen LogP contribution in [0.15, 0.2) is 47.5 Å². The molecule has 0 spiro atoms. The lowest BCUT2D eigenvalue weighted by Gasteiger charge is -2.12. The lowest BCUT2D eigenvalue weighted by atomic mass is 10.2. The summed E-state index contributed by atoms with van der Waals surface area (Å²) >= 11 is 0. The SMILES string of the molecule is COc1ncccc1CNC(=O)c1ccc(S(=O)(=O)N(C)C)cc1. The first kappa shape index (κ1) is 17.9. The Morgan fingerprint density at radius 3 is 2.46 bits per heavy atom. The predicted molar refractivity (Wildman–Crippen MR) is 89.3 cm³/mol. The third-order valence-corrected chi connectivity index (χ3v) is 5.21. The van der Waals surface area contributed by atoms with Gasteiger partial charge in [-0.3, -0.25) is 4.79 Å². The number of hydrogen-bond acceptors (Lipinski definition) is 5. The van der Waals surface area contributed by atoms with Crippen LogP contribution in [0.1, 0.15) is 15.9 Å². The third-order valence-electron chi connectivity index (χ3n) is 3.38. The Labute approximate surface area is 141 Å². The van der Waals surface area contributed by atoms with Crippen molar-refractivity contribution in [2.24, 2.45) is 0 Å². The fourth-order valence-corrected chi connectivity index (χ4v) is 2.91. The zero-order valence-electron chi connectivity index (χ0n) is 13.7. The molecule has 2 rings (SSSR count). The summed E-state index contributed by atoms with van der Waals surface area (Å²) in [5.74, 6) is 0.139. The number of hydrogen-bond donors (Lipinski definition) is 1. The number of rotatable bonds is 6. The molecule has 1 heterocycles. The van der Waals surface area contributed by atoms with Gasteiger partial charge in [0.2, 0.25) is 15.9 Å². The van der Waals surface area contributed by atoms with Gasteiger partial charge in [-0.1, -0.05) is 6.07 Å². The zero-order chi connectivity index (χ0) is 17.7. The van der Waals surface area contributed by atoms with Crippen LogP contribution < -0.4 is 10.1 Å². The standard InChI is InChI=1S/C16H19N3O4S/c1-19(2)24(21,22)14-8-6-12(7-9-14)15(20)18-11-13-5-4-10-17-16(13)23-3/h4-10H,11H2,1-3H3,(H,18,20). The van der Waals surface area contributed by atoms with Crippen LogP contribution in [0.3, 0.4) is 0 Å². The summed E-state index contributed by atoms with van der Waals surface area (Å²) in [6, 6.07) is 9.34. The second kappa shape index (κ2) is 7.41. The Kier molecular flexibility index (Phi) is 5.53. The van der Waals surface area contributed by atoms with Gasteiger partial charge in [0.05, 0.1) is 12.0 Å². The fourth-order valence-electron chi connectivity index (χ4n) is 2.01. The molecule has 0 aliphatic carbocycles. The Morgan fingerprint density at radius 1 is 1.21 bits per heavy atom. The quantitative estimate of drug-likeness (QED) is 0.848. The van der Waals surface area contributed by atoms with E-state index >= 15 is 0 Å². The molecule has 1 amide bonds. The van der Waals surface area contributed by atoms with E-state index in [0.717, 1.165) is 9.87 Å². The number of methoxy groups -OCH3 is 1. The molecular formula is C16H19N3O4S. The highest BCUT2D eigenvalue weighted by atomic mass is 32.2. The number of amides is 1. The van der Waals surface area contributed by atoms with E-state index in [1.807, 2.05) is 0 Å². The molecule has 0 aliphatic rings. The molecule has 1 aromatic heterocycles. The van der Waals surface area contributed by atoms with E-state index in [1.165, 1.54) is 45.5 Å². The molecule has 128 valence electrons. The second-order valence-electron chi connectivity index (χ2n) is 5.17. The van der Waals surface area contributed by atoms with Gasteiger partial charge >= 0.3 is 0 Å². The van der Waals surface area contributed by atoms with E-state index < -0.39 is 10.0 Å². The fraction of sp³-hybridized carbons (Fsp3) is 0.250. The number of pyridine rings is 1. The summed E-state index contributed by atoms with van der Waals surface area (Å²) in [7, 11) is 0.916. The Bertz CT molecular complexity index is 817. The minimum atomic E-state index is -3.51. The average molecular weight is 349 g/mol. The summed E-state index contributed by atoms with van der Waals surface area (Å²) in [5, 5.41) is 2.75. The molecule has 7 nitrogen and oxygen atoms in total. The first-order valence-electron chi connectivity index (χ1n) is 7.15. The van der Waals surface area contributed by atoms with Gasteiger partial charge in [-0.15, -0.1) is 0 Å². The van der Waals surface area contributed by atoms with Crippen LogP contribution in [0.4, 0.5) is 0 Å². The van der Waals surface area contributed by atoms with Gasteiger partial charge in [0.15, 0.2) is 0 Å². The van der Waals surface area contributed by atoms with Crippen LogP contribution in [-0.2, 0) is 16.6 Å². The third kappa shape index (κ3) is 3.90. The van der Waals surface area contributed by atoms with Crippen LogP contribution in [-0.4, -0.2) is 44.8 Å². The predicted octanol–water partition coefficient (Wildman–Crippen LogP) is 1.27. The number of aromatic nitrogens is 1. The highest BCUT2D eigenvalue weighted by Gasteiger charge is 2.17. The van der Waals surface area contributed by atoms with Crippen LogP contribution in [0, 0.1) is 0 Å². The van der Waals surface area contributed by atoms with Crippen molar-refractivity contribution in [3.05, 3.63) is 53.7 Å². The Hall–Kier alpha value is -2.45. The van der Waals surface area contributed by atoms with Gasteiger partial charge < -0.3 is 10.1 Å². The minimum Gasteiger partial charge on any atom is -0.481 e. The van der Waals surface area contributed by atoms with Crippen molar-refractivity contribution in [3.63, 3.8) is 0 Å². The maximum atomic E-state index is 12.2. The largest absolute Gasteiger partial charge is 0.481 e. The molecule has 24 heavy (non-hydrogen) atoms. The molecular weight excluding hydrogens is 330 g/mol. The molecule has 1 N–H and O–H groups in total. The van der Waals surface area contributed by atoms with Gasteiger partial charge in [-0.05, 0) is 30.3 Å². The minimum absolute atomic E-state index is 0.137. The molecule has 1 aromatic carbocycles. The lowest BCUT2D eigenvalue weighted by Crippen LogP contribution is -2.24. The number of nitrogens with zero attached hydrogens (tertiary/aromatic N) is 2. The molecule has 8 heteroatoms. The van der Waals surface area contributed by atoms with E-state index in [1.54, 1.807) is 18.3 Å². The van der Waals surface area contributed by atoms with Gasteiger partial charge in [-0.25, -0.2) is 17.7 Å². The molecule has 0 saturated carbocycles. The number of benzene rings is 1. The summed E-state index contributed by atoms with van der Waals surface area (Å²) in [4.78, 5) is 16.4. The summed E-state index contributed by atoms with van der Waals surface area (Å²) in [6.45, 7) is 0.258. The molecule has 0 atom stereocenters. The molecule has 2 aromatic rings. The normalized spacial score (nSPS) is 11.3. The van der Waals surface area contributed by atoms with Crippen molar-refractivity contribution in [2.45, 2.75) is 11.4 Å². The molecule has 0 bridgehead atoms. The van der Waals surface area contributed by atoms with E-state index in [0.29, 0.717) is 11.4 Å². The van der Waals surface area contributed by atoms with Crippen LogP contribution in [0.25, 0.3) is 0 Å². The van der Waals surface area contributed by atoms with Crippen molar-refractivity contribution in [2.75, 3.05) is 21.2 Å². The number of sulfonamides is 1. The topological polar surface area (TPSA) is 88.6 Å². The van der Waals surface area contributed by atoms with Crippen molar-refractivity contribution < 1.29 is 17.9 Å². The van der Waals surface area contributed by atoms with Crippen molar-refractivity contribution in [1.82, 2.24) is 14.6 Å². The number of ether oxygens (including phenoxy) is 1. The number of carbonyl (C=O) groups is 1.